The monoisotopic (exact) mass is 385 g/mol. The van der Waals surface area contributed by atoms with E-state index in [4.69, 9.17) is 13.9 Å². The molecule has 1 saturated heterocycles. The van der Waals surface area contributed by atoms with Crippen molar-refractivity contribution in [1.82, 2.24) is 4.90 Å². The molecule has 1 fully saturated rings. The van der Waals surface area contributed by atoms with E-state index < -0.39 is 5.97 Å². The Morgan fingerprint density at radius 3 is 2.29 bits per heavy atom. The lowest BCUT2D eigenvalue weighted by Gasteiger charge is -2.35. The van der Waals surface area contributed by atoms with Crippen molar-refractivity contribution in [2.24, 2.45) is 0 Å². The third-order valence-electron chi connectivity index (χ3n) is 4.48. The van der Waals surface area contributed by atoms with Gasteiger partial charge in [0.25, 0.3) is 5.91 Å². The molecule has 2 heterocycles. The summed E-state index contributed by atoms with van der Waals surface area (Å²) in [4.78, 5) is 37.4. The van der Waals surface area contributed by atoms with Gasteiger partial charge in [-0.25, -0.2) is 4.79 Å². The van der Waals surface area contributed by atoms with Crippen molar-refractivity contribution in [1.29, 1.82) is 0 Å². The summed E-state index contributed by atoms with van der Waals surface area (Å²) in [7, 11) is 0. The fraction of sp³-hybridized carbons (Fsp3) is 0.381. The van der Waals surface area contributed by atoms with Gasteiger partial charge in [-0.2, -0.15) is 0 Å². The second kappa shape index (κ2) is 8.39. The summed E-state index contributed by atoms with van der Waals surface area (Å²) in [5.41, 5.74) is 1.33. The smallest absolute Gasteiger partial charge is 0.374 e. The van der Waals surface area contributed by atoms with Gasteiger partial charge in [-0.3, -0.25) is 9.59 Å². The van der Waals surface area contributed by atoms with Crippen molar-refractivity contribution in [3.63, 3.8) is 0 Å². The van der Waals surface area contributed by atoms with Crippen LogP contribution in [0.4, 0.5) is 0 Å². The normalized spacial score (nSPS) is 19.3. The number of amides is 1. The van der Waals surface area contributed by atoms with Crippen LogP contribution >= 0.6 is 0 Å². The summed E-state index contributed by atoms with van der Waals surface area (Å²) < 4.78 is 16.2. The predicted octanol–water partition coefficient (Wildman–Crippen LogP) is 2.94. The highest BCUT2D eigenvalue weighted by Gasteiger charge is 2.26. The molecule has 148 valence electrons. The molecule has 0 N–H and O–H groups in total. The minimum absolute atomic E-state index is 0.0159. The van der Waals surface area contributed by atoms with Crippen LogP contribution in [0.1, 0.15) is 41.7 Å². The summed E-state index contributed by atoms with van der Waals surface area (Å²) >= 11 is 0. The van der Waals surface area contributed by atoms with Gasteiger partial charge >= 0.3 is 5.97 Å². The third kappa shape index (κ3) is 4.67. The van der Waals surface area contributed by atoms with Crippen LogP contribution < -0.4 is 0 Å². The number of furan rings is 1. The van der Waals surface area contributed by atoms with Crippen molar-refractivity contribution in [2.75, 3.05) is 19.7 Å². The zero-order chi connectivity index (χ0) is 20.3. The lowest BCUT2D eigenvalue weighted by Crippen LogP contribution is -2.49. The lowest BCUT2D eigenvalue weighted by atomic mass is 10.1. The van der Waals surface area contributed by atoms with Crippen LogP contribution in [0.5, 0.6) is 0 Å². The molecule has 1 aromatic carbocycles. The number of hydrogen-bond donors (Lipinski definition) is 0. The number of esters is 1. The van der Waals surface area contributed by atoms with E-state index in [1.54, 1.807) is 35.2 Å². The molecule has 0 spiro atoms. The van der Waals surface area contributed by atoms with E-state index in [1.807, 2.05) is 13.8 Å². The number of Topliss-reactive ketones (excluding diaryl/α,β-unsaturated/α-hetero) is 1. The Morgan fingerprint density at radius 1 is 1.04 bits per heavy atom. The van der Waals surface area contributed by atoms with Gasteiger partial charge in [0.05, 0.1) is 12.2 Å². The molecule has 0 bridgehead atoms. The molecule has 1 amide bonds. The molecule has 0 radical (unpaired) electrons. The van der Waals surface area contributed by atoms with Gasteiger partial charge in [0.15, 0.2) is 12.4 Å². The highest BCUT2D eigenvalue weighted by atomic mass is 16.5. The second-order valence-corrected chi connectivity index (χ2v) is 6.93. The number of morpholine rings is 1. The largest absolute Gasteiger partial charge is 0.450 e. The van der Waals surface area contributed by atoms with E-state index in [0.717, 1.165) is 5.56 Å². The van der Waals surface area contributed by atoms with Gasteiger partial charge in [-0.05, 0) is 32.9 Å². The second-order valence-electron chi connectivity index (χ2n) is 6.93. The van der Waals surface area contributed by atoms with Gasteiger partial charge in [-0.15, -0.1) is 0 Å². The molecular weight excluding hydrogens is 362 g/mol. The maximum atomic E-state index is 12.3. The van der Waals surface area contributed by atoms with Crippen LogP contribution in [0.15, 0.2) is 40.8 Å². The molecule has 0 saturated carbocycles. The summed E-state index contributed by atoms with van der Waals surface area (Å²) in [5, 5.41) is 0. The highest BCUT2D eigenvalue weighted by molar-refractivity contribution is 5.94. The Labute approximate surface area is 163 Å². The molecule has 1 aliphatic rings. The number of carbonyl (C=O) groups is 3. The number of ether oxygens (including phenoxy) is 2. The summed E-state index contributed by atoms with van der Waals surface area (Å²) in [5.74, 6) is -0.494. The maximum Gasteiger partial charge on any atom is 0.374 e. The molecule has 1 aromatic heterocycles. The van der Waals surface area contributed by atoms with Gasteiger partial charge in [0.1, 0.15) is 5.76 Å². The minimum Gasteiger partial charge on any atom is -0.450 e. The first-order valence-corrected chi connectivity index (χ1v) is 9.15. The summed E-state index contributed by atoms with van der Waals surface area (Å²) in [6.07, 6.45) is -0.101. The Hall–Kier alpha value is -2.93. The topological polar surface area (TPSA) is 86.1 Å². The molecule has 0 aliphatic carbocycles. The number of ketones is 1. The van der Waals surface area contributed by atoms with Gasteiger partial charge in [0.2, 0.25) is 5.76 Å². The van der Waals surface area contributed by atoms with E-state index in [2.05, 4.69) is 0 Å². The summed E-state index contributed by atoms with van der Waals surface area (Å²) in [6, 6.07) is 10.0. The first-order valence-electron chi connectivity index (χ1n) is 9.15. The SMILES string of the molecule is CC(=O)c1ccc(-c2ccc(C(=O)OCC(=O)N3C[C@H](C)O[C@@H](C)C3)o2)cc1. The van der Waals surface area contributed by atoms with Gasteiger partial charge in [0, 0.05) is 24.2 Å². The zero-order valence-electron chi connectivity index (χ0n) is 16.1. The Morgan fingerprint density at radius 2 is 1.68 bits per heavy atom. The van der Waals surface area contributed by atoms with Crippen molar-refractivity contribution in [3.8, 4) is 11.3 Å². The maximum absolute atomic E-state index is 12.3. The first-order chi connectivity index (χ1) is 13.3. The fourth-order valence-corrected chi connectivity index (χ4v) is 3.14. The van der Waals surface area contributed by atoms with Crippen LogP contribution in [0, 0.1) is 0 Å². The quantitative estimate of drug-likeness (QED) is 0.581. The van der Waals surface area contributed by atoms with Crippen molar-refractivity contribution in [3.05, 3.63) is 47.7 Å². The predicted molar refractivity (Wildman–Crippen MR) is 101 cm³/mol. The molecule has 1 aliphatic heterocycles. The van der Waals surface area contributed by atoms with Crippen LogP contribution in [-0.2, 0) is 14.3 Å². The molecule has 2 atom stereocenters. The molecule has 7 heteroatoms. The number of benzene rings is 1. The van der Waals surface area contributed by atoms with E-state index in [-0.39, 0.29) is 36.3 Å². The van der Waals surface area contributed by atoms with Gasteiger partial charge < -0.3 is 18.8 Å². The van der Waals surface area contributed by atoms with Crippen LogP contribution in [-0.4, -0.2) is 54.5 Å². The number of hydrogen-bond acceptors (Lipinski definition) is 6. The van der Waals surface area contributed by atoms with Gasteiger partial charge in [-0.1, -0.05) is 24.3 Å². The minimum atomic E-state index is -0.700. The third-order valence-corrected chi connectivity index (χ3v) is 4.48. The first kappa shape index (κ1) is 19.8. The van der Waals surface area contributed by atoms with Crippen LogP contribution in [0.25, 0.3) is 11.3 Å². The molecule has 0 unspecified atom stereocenters. The van der Waals surface area contributed by atoms with Crippen LogP contribution in [0.3, 0.4) is 0 Å². The van der Waals surface area contributed by atoms with Crippen molar-refractivity contribution in [2.45, 2.75) is 33.0 Å². The average Bonchev–Trinajstić information content (AvgIpc) is 3.15. The molecule has 2 aromatic rings. The molecular formula is C21H23NO6. The Bertz CT molecular complexity index is 859. The van der Waals surface area contributed by atoms with Crippen molar-refractivity contribution < 1.29 is 28.3 Å². The number of carbonyl (C=O) groups excluding carboxylic acids is 3. The van der Waals surface area contributed by atoms with E-state index >= 15 is 0 Å². The Kier molecular flexibility index (Phi) is 5.94. The standard InChI is InChI=1S/C21H23NO6/c1-13-10-22(11-14(2)27-13)20(24)12-26-21(25)19-9-8-18(28-19)17-6-4-16(5-7-17)15(3)23/h4-9,13-14H,10-12H2,1-3H3/t13-,14-/m0/s1. The average molecular weight is 385 g/mol. The van der Waals surface area contributed by atoms with Crippen LogP contribution in [0.2, 0.25) is 0 Å². The molecule has 28 heavy (non-hydrogen) atoms. The lowest BCUT2D eigenvalue weighted by molar-refractivity contribution is -0.146. The molecule has 7 nitrogen and oxygen atoms in total. The number of nitrogens with zero attached hydrogens (tertiary/aromatic N) is 1. The number of rotatable bonds is 5. The van der Waals surface area contributed by atoms with E-state index in [1.165, 1.54) is 13.0 Å². The molecule has 3 rings (SSSR count). The van der Waals surface area contributed by atoms with E-state index in [0.29, 0.717) is 24.4 Å². The highest BCUT2D eigenvalue weighted by Crippen LogP contribution is 2.23. The fourth-order valence-electron chi connectivity index (χ4n) is 3.14. The van der Waals surface area contributed by atoms with E-state index in [9.17, 15) is 14.4 Å². The zero-order valence-corrected chi connectivity index (χ0v) is 16.1. The van der Waals surface area contributed by atoms with Crippen molar-refractivity contribution >= 4 is 17.7 Å². The Balaban J connectivity index is 1.58. The summed E-state index contributed by atoms with van der Waals surface area (Å²) in [6.45, 7) is 5.89.